The Kier molecular flexibility index (Phi) is 4.97. The molecule has 4 heteroatoms. The molecule has 1 nitrogen and oxygen atoms in total. The standard InChI is InChI=1S/C17H24F3N/c1-11(2)21-10-13-5-4-6-16(13)15-8-7-14(9-12(15)3)17(18,19)20/h7-9,11,13,16,21H,4-6,10H2,1-3H3. The van der Waals surface area contributed by atoms with E-state index in [1.54, 1.807) is 13.0 Å². The molecule has 2 unspecified atom stereocenters. The Morgan fingerprint density at radius 3 is 2.52 bits per heavy atom. The van der Waals surface area contributed by atoms with Crippen LogP contribution in [-0.2, 0) is 6.18 Å². The molecule has 0 heterocycles. The van der Waals surface area contributed by atoms with E-state index in [9.17, 15) is 13.2 Å². The number of halogens is 3. The van der Waals surface area contributed by atoms with Gasteiger partial charge in [0.25, 0.3) is 0 Å². The first-order valence-electron chi connectivity index (χ1n) is 7.70. The molecule has 1 aromatic carbocycles. The second kappa shape index (κ2) is 6.39. The minimum atomic E-state index is -4.25. The fourth-order valence-electron chi connectivity index (χ4n) is 3.35. The van der Waals surface area contributed by atoms with Crippen molar-refractivity contribution in [1.82, 2.24) is 5.32 Å². The molecule has 1 aliphatic carbocycles. The van der Waals surface area contributed by atoms with Crippen molar-refractivity contribution in [2.75, 3.05) is 6.54 Å². The van der Waals surface area contributed by atoms with E-state index in [1.165, 1.54) is 12.1 Å². The van der Waals surface area contributed by atoms with Crippen LogP contribution in [0.2, 0.25) is 0 Å². The molecule has 0 amide bonds. The summed E-state index contributed by atoms with van der Waals surface area (Å²) in [6, 6.07) is 4.66. The molecule has 0 radical (unpaired) electrons. The summed E-state index contributed by atoms with van der Waals surface area (Å²) in [4.78, 5) is 0. The van der Waals surface area contributed by atoms with E-state index < -0.39 is 11.7 Å². The van der Waals surface area contributed by atoms with Gasteiger partial charge in [-0.15, -0.1) is 0 Å². The zero-order valence-corrected chi connectivity index (χ0v) is 12.9. The second-order valence-electron chi connectivity index (χ2n) is 6.43. The number of benzene rings is 1. The highest BCUT2D eigenvalue weighted by Gasteiger charge is 2.33. The van der Waals surface area contributed by atoms with Gasteiger partial charge in [-0.3, -0.25) is 0 Å². The van der Waals surface area contributed by atoms with Crippen LogP contribution in [0.25, 0.3) is 0 Å². The van der Waals surface area contributed by atoms with E-state index in [2.05, 4.69) is 19.2 Å². The first kappa shape index (κ1) is 16.3. The smallest absolute Gasteiger partial charge is 0.314 e. The first-order chi connectivity index (χ1) is 9.79. The summed E-state index contributed by atoms with van der Waals surface area (Å²) in [6.45, 7) is 6.99. The molecule has 1 fully saturated rings. The topological polar surface area (TPSA) is 12.0 Å². The van der Waals surface area contributed by atoms with E-state index in [0.29, 0.717) is 17.9 Å². The van der Waals surface area contributed by atoms with Crippen LogP contribution >= 0.6 is 0 Å². The van der Waals surface area contributed by atoms with Gasteiger partial charge in [-0.05, 0) is 61.4 Å². The van der Waals surface area contributed by atoms with E-state index in [1.807, 2.05) is 0 Å². The minimum Gasteiger partial charge on any atom is -0.314 e. The molecular formula is C17H24F3N. The molecule has 21 heavy (non-hydrogen) atoms. The Morgan fingerprint density at radius 2 is 1.95 bits per heavy atom. The van der Waals surface area contributed by atoms with Crippen LogP contribution in [0.15, 0.2) is 18.2 Å². The molecule has 118 valence electrons. The second-order valence-corrected chi connectivity index (χ2v) is 6.43. The van der Waals surface area contributed by atoms with Gasteiger partial charge in [0.1, 0.15) is 0 Å². The Morgan fingerprint density at radius 1 is 1.24 bits per heavy atom. The third-order valence-electron chi connectivity index (χ3n) is 4.44. The number of nitrogens with one attached hydrogen (secondary N) is 1. The summed E-state index contributed by atoms with van der Waals surface area (Å²) in [5, 5.41) is 3.46. The number of aryl methyl sites for hydroxylation is 1. The van der Waals surface area contributed by atoms with Crippen molar-refractivity contribution in [3.8, 4) is 0 Å². The molecule has 1 N–H and O–H groups in total. The largest absolute Gasteiger partial charge is 0.416 e. The zero-order chi connectivity index (χ0) is 15.6. The molecule has 0 spiro atoms. The fourth-order valence-corrected chi connectivity index (χ4v) is 3.35. The van der Waals surface area contributed by atoms with Crippen molar-refractivity contribution < 1.29 is 13.2 Å². The van der Waals surface area contributed by atoms with Crippen molar-refractivity contribution >= 4 is 0 Å². The average molecular weight is 299 g/mol. The maximum Gasteiger partial charge on any atom is 0.416 e. The van der Waals surface area contributed by atoms with Crippen molar-refractivity contribution in [1.29, 1.82) is 0 Å². The molecule has 1 saturated carbocycles. The normalized spacial score (nSPS) is 23.0. The van der Waals surface area contributed by atoms with Crippen LogP contribution in [0.1, 0.15) is 55.7 Å². The van der Waals surface area contributed by atoms with Crippen LogP contribution in [-0.4, -0.2) is 12.6 Å². The summed E-state index contributed by atoms with van der Waals surface area (Å²) in [5.74, 6) is 0.918. The van der Waals surface area contributed by atoms with Gasteiger partial charge in [0.15, 0.2) is 0 Å². The predicted octanol–water partition coefficient (Wildman–Crippen LogP) is 4.90. The van der Waals surface area contributed by atoms with Crippen molar-refractivity contribution in [2.45, 2.75) is 58.2 Å². The summed E-state index contributed by atoms with van der Waals surface area (Å²) >= 11 is 0. The molecule has 1 aromatic rings. The summed E-state index contributed by atoms with van der Waals surface area (Å²) in [5.41, 5.74) is 1.32. The van der Waals surface area contributed by atoms with Gasteiger partial charge < -0.3 is 5.32 Å². The Bertz CT molecular complexity index is 479. The highest BCUT2D eigenvalue weighted by atomic mass is 19.4. The number of hydrogen-bond acceptors (Lipinski definition) is 1. The van der Waals surface area contributed by atoms with Gasteiger partial charge in [0.05, 0.1) is 5.56 Å². The fraction of sp³-hybridized carbons (Fsp3) is 0.647. The molecule has 2 rings (SSSR count). The summed E-state index contributed by atoms with van der Waals surface area (Å²) in [7, 11) is 0. The monoisotopic (exact) mass is 299 g/mol. The predicted molar refractivity (Wildman–Crippen MR) is 79.4 cm³/mol. The number of hydrogen-bond donors (Lipinski definition) is 1. The van der Waals surface area contributed by atoms with Gasteiger partial charge >= 0.3 is 6.18 Å². The highest BCUT2D eigenvalue weighted by molar-refractivity contribution is 5.35. The summed E-state index contributed by atoms with van der Waals surface area (Å²) in [6.07, 6.45) is -0.853. The molecule has 1 aliphatic rings. The van der Waals surface area contributed by atoms with Crippen LogP contribution in [0.4, 0.5) is 13.2 Å². The van der Waals surface area contributed by atoms with Crippen LogP contribution in [0.3, 0.4) is 0 Å². The van der Waals surface area contributed by atoms with Crippen LogP contribution in [0.5, 0.6) is 0 Å². The van der Waals surface area contributed by atoms with Crippen LogP contribution < -0.4 is 5.32 Å². The van der Waals surface area contributed by atoms with Gasteiger partial charge in [0.2, 0.25) is 0 Å². The molecule has 2 atom stereocenters. The van der Waals surface area contributed by atoms with Gasteiger partial charge in [-0.25, -0.2) is 0 Å². The van der Waals surface area contributed by atoms with E-state index in [0.717, 1.165) is 36.9 Å². The van der Waals surface area contributed by atoms with E-state index in [-0.39, 0.29) is 0 Å². The zero-order valence-electron chi connectivity index (χ0n) is 12.9. The highest BCUT2D eigenvalue weighted by Crippen LogP contribution is 2.41. The molecule has 0 aliphatic heterocycles. The minimum absolute atomic E-state index is 0.388. The molecular weight excluding hydrogens is 275 g/mol. The SMILES string of the molecule is Cc1cc(C(F)(F)F)ccc1C1CCCC1CNC(C)C. The maximum atomic E-state index is 12.8. The molecule has 0 saturated heterocycles. The average Bonchev–Trinajstić information content (AvgIpc) is 2.83. The van der Waals surface area contributed by atoms with Gasteiger partial charge in [0, 0.05) is 6.04 Å². The Balaban J connectivity index is 2.17. The lowest BCUT2D eigenvalue weighted by Crippen LogP contribution is -2.30. The third-order valence-corrected chi connectivity index (χ3v) is 4.44. The third kappa shape index (κ3) is 4.00. The lowest BCUT2D eigenvalue weighted by molar-refractivity contribution is -0.137. The Hall–Kier alpha value is -1.03. The van der Waals surface area contributed by atoms with Crippen molar-refractivity contribution in [3.05, 3.63) is 34.9 Å². The Labute approximate surface area is 124 Å². The maximum absolute atomic E-state index is 12.8. The van der Waals surface area contributed by atoms with Gasteiger partial charge in [-0.2, -0.15) is 13.2 Å². The van der Waals surface area contributed by atoms with Crippen LogP contribution in [0, 0.1) is 12.8 Å². The first-order valence-corrected chi connectivity index (χ1v) is 7.70. The lowest BCUT2D eigenvalue weighted by atomic mass is 9.85. The number of rotatable bonds is 4. The lowest BCUT2D eigenvalue weighted by Gasteiger charge is -2.24. The quantitative estimate of drug-likeness (QED) is 0.834. The molecule has 0 bridgehead atoms. The molecule has 0 aromatic heterocycles. The van der Waals surface area contributed by atoms with Gasteiger partial charge in [-0.1, -0.05) is 26.3 Å². The summed E-state index contributed by atoms with van der Waals surface area (Å²) < 4.78 is 38.3. The van der Waals surface area contributed by atoms with Crippen molar-refractivity contribution in [2.24, 2.45) is 5.92 Å². The number of alkyl halides is 3. The van der Waals surface area contributed by atoms with E-state index in [4.69, 9.17) is 0 Å². The van der Waals surface area contributed by atoms with E-state index >= 15 is 0 Å². The van der Waals surface area contributed by atoms with Crippen molar-refractivity contribution in [3.63, 3.8) is 0 Å².